The summed E-state index contributed by atoms with van der Waals surface area (Å²) in [5.74, 6) is -1.54. The van der Waals surface area contributed by atoms with Crippen LogP contribution in [-0.2, 0) is 6.42 Å². The fraction of sp³-hybridized carbons (Fsp3) is 0.467. The molecular formula is C15H19F2N. The van der Waals surface area contributed by atoms with Crippen molar-refractivity contribution in [1.82, 2.24) is 5.32 Å². The number of benzene rings is 1. The van der Waals surface area contributed by atoms with E-state index in [0.29, 0.717) is 0 Å². The maximum absolute atomic E-state index is 13.2. The highest BCUT2D eigenvalue weighted by molar-refractivity contribution is 5.24. The van der Waals surface area contributed by atoms with Gasteiger partial charge in [-0.3, -0.25) is 0 Å². The Hall–Kier alpha value is -1.22. The average Bonchev–Trinajstić information content (AvgIpc) is 2.87. The molecule has 1 nitrogen and oxygen atoms in total. The number of halogens is 2. The molecule has 0 aliphatic heterocycles. The molecule has 1 aromatic carbocycles. The van der Waals surface area contributed by atoms with Crippen molar-refractivity contribution in [3.05, 3.63) is 47.0 Å². The maximum Gasteiger partial charge on any atom is 0.159 e. The Morgan fingerprint density at radius 2 is 2.11 bits per heavy atom. The summed E-state index contributed by atoms with van der Waals surface area (Å²) < 4.78 is 26.1. The summed E-state index contributed by atoms with van der Waals surface area (Å²) in [6.45, 7) is 2.94. The monoisotopic (exact) mass is 251 g/mol. The number of rotatable bonds is 5. The molecule has 0 aromatic heterocycles. The van der Waals surface area contributed by atoms with Crippen molar-refractivity contribution < 1.29 is 8.78 Å². The molecule has 0 saturated heterocycles. The Balaban J connectivity index is 2.10. The van der Waals surface area contributed by atoms with Gasteiger partial charge in [-0.25, -0.2) is 8.78 Å². The Morgan fingerprint density at radius 3 is 2.72 bits per heavy atom. The van der Waals surface area contributed by atoms with Crippen LogP contribution in [0.5, 0.6) is 0 Å². The van der Waals surface area contributed by atoms with Crippen LogP contribution in [0.4, 0.5) is 8.78 Å². The van der Waals surface area contributed by atoms with Gasteiger partial charge in [-0.05, 0) is 49.9 Å². The SMILES string of the molecule is CCNC(Cc1ccc(F)c(F)c1)C1=CCCC1. The zero-order valence-corrected chi connectivity index (χ0v) is 10.7. The molecule has 98 valence electrons. The van der Waals surface area contributed by atoms with Gasteiger partial charge in [0.2, 0.25) is 0 Å². The molecule has 0 fully saturated rings. The van der Waals surface area contributed by atoms with E-state index in [-0.39, 0.29) is 6.04 Å². The van der Waals surface area contributed by atoms with Crippen molar-refractivity contribution >= 4 is 0 Å². The van der Waals surface area contributed by atoms with E-state index in [4.69, 9.17) is 0 Å². The highest BCUT2D eigenvalue weighted by Crippen LogP contribution is 2.23. The summed E-state index contributed by atoms with van der Waals surface area (Å²) in [7, 11) is 0. The van der Waals surface area contributed by atoms with E-state index < -0.39 is 11.6 Å². The summed E-state index contributed by atoms with van der Waals surface area (Å²) in [5.41, 5.74) is 2.24. The summed E-state index contributed by atoms with van der Waals surface area (Å²) in [4.78, 5) is 0. The molecule has 1 atom stereocenters. The molecular weight excluding hydrogens is 232 g/mol. The molecule has 1 aromatic rings. The van der Waals surface area contributed by atoms with Gasteiger partial charge in [-0.1, -0.05) is 24.6 Å². The Kier molecular flexibility index (Phi) is 4.48. The topological polar surface area (TPSA) is 12.0 Å². The Morgan fingerprint density at radius 1 is 1.28 bits per heavy atom. The summed E-state index contributed by atoms with van der Waals surface area (Å²) in [6, 6.07) is 4.42. The smallest absolute Gasteiger partial charge is 0.159 e. The molecule has 1 unspecified atom stereocenters. The van der Waals surface area contributed by atoms with Crippen molar-refractivity contribution in [3.8, 4) is 0 Å². The minimum Gasteiger partial charge on any atom is -0.310 e. The van der Waals surface area contributed by atoms with E-state index >= 15 is 0 Å². The van der Waals surface area contributed by atoms with Crippen LogP contribution in [0.15, 0.2) is 29.8 Å². The predicted molar refractivity (Wildman–Crippen MR) is 69.5 cm³/mol. The van der Waals surface area contributed by atoms with Gasteiger partial charge in [-0.15, -0.1) is 0 Å². The third-order valence-electron chi connectivity index (χ3n) is 3.40. The lowest BCUT2D eigenvalue weighted by Gasteiger charge is -2.19. The first kappa shape index (κ1) is 13.2. The molecule has 3 heteroatoms. The molecule has 18 heavy (non-hydrogen) atoms. The molecule has 0 bridgehead atoms. The van der Waals surface area contributed by atoms with Gasteiger partial charge in [0.15, 0.2) is 11.6 Å². The minimum atomic E-state index is -0.779. The minimum absolute atomic E-state index is 0.252. The first-order chi connectivity index (χ1) is 8.70. The Labute approximate surface area is 107 Å². The quantitative estimate of drug-likeness (QED) is 0.788. The van der Waals surface area contributed by atoms with Crippen LogP contribution in [-0.4, -0.2) is 12.6 Å². The Bertz CT molecular complexity index is 440. The van der Waals surface area contributed by atoms with Crippen molar-refractivity contribution in [3.63, 3.8) is 0 Å². The number of likely N-dealkylation sites (N-methyl/N-ethyl adjacent to an activating group) is 1. The summed E-state index contributed by atoms with van der Waals surface area (Å²) >= 11 is 0. The molecule has 0 spiro atoms. The van der Waals surface area contributed by atoms with Crippen molar-refractivity contribution in [2.24, 2.45) is 0 Å². The highest BCUT2D eigenvalue weighted by atomic mass is 19.2. The van der Waals surface area contributed by atoms with E-state index in [2.05, 4.69) is 18.3 Å². The van der Waals surface area contributed by atoms with Crippen molar-refractivity contribution in [2.45, 2.75) is 38.6 Å². The van der Waals surface area contributed by atoms with Gasteiger partial charge in [0, 0.05) is 6.04 Å². The summed E-state index contributed by atoms with van der Waals surface area (Å²) in [5, 5.41) is 3.42. The van der Waals surface area contributed by atoms with Crippen molar-refractivity contribution in [2.75, 3.05) is 6.54 Å². The summed E-state index contributed by atoms with van der Waals surface area (Å²) in [6.07, 6.45) is 6.44. The molecule has 0 saturated carbocycles. The first-order valence-electron chi connectivity index (χ1n) is 6.57. The normalized spacial score (nSPS) is 16.7. The molecule has 1 aliphatic carbocycles. The largest absolute Gasteiger partial charge is 0.310 e. The second kappa shape index (κ2) is 6.10. The molecule has 1 aliphatic rings. The zero-order chi connectivity index (χ0) is 13.0. The van der Waals surface area contributed by atoms with Crippen molar-refractivity contribution in [1.29, 1.82) is 0 Å². The molecule has 2 rings (SSSR count). The second-order valence-corrected chi connectivity index (χ2v) is 4.73. The van der Waals surface area contributed by atoms with E-state index in [1.807, 2.05) is 0 Å². The lowest BCUT2D eigenvalue weighted by Crippen LogP contribution is -2.32. The van der Waals surface area contributed by atoms with E-state index in [1.54, 1.807) is 6.07 Å². The van der Waals surface area contributed by atoms with Crippen LogP contribution in [0.2, 0.25) is 0 Å². The number of hydrogen-bond acceptors (Lipinski definition) is 1. The number of hydrogen-bond donors (Lipinski definition) is 1. The molecule has 1 N–H and O–H groups in total. The number of allylic oxidation sites excluding steroid dienone is 1. The van der Waals surface area contributed by atoms with Gasteiger partial charge >= 0.3 is 0 Å². The lowest BCUT2D eigenvalue weighted by atomic mass is 9.98. The van der Waals surface area contributed by atoms with Gasteiger partial charge in [0.1, 0.15) is 0 Å². The molecule has 0 heterocycles. The third kappa shape index (κ3) is 3.16. The van der Waals surface area contributed by atoms with Gasteiger partial charge in [-0.2, -0.15) is 0 Å². The third-order valence-corrected chi connectivity index (χ3v) is 3.40. The van der Waals surface area contributed by atoms with E-state index in [9.17, 15) is 8.78 Å². The number of nitrogens with one attached hydrogen (secondary N) is 1. The lowest BCUT2D eigenvalue weighted by molar-refractivity contribution is 0.504. The van der Waals surface area contributed by atoms with Crippen LogP contribution in [0.25, 0.3) is 0 Å². The average molecular weight is 251 g/mol. The predicted octanol–water partition coefficient (Wildman–Crippen LogP) is 3.60. The van der Waals surface area contributed by atoms with Crippen LogP contribution < -0.4 is 5.32 Å². The first-order valence-corrected chi connectivity index (χ1v) is 6.57. The van der Waals surface area contributed by atoms with Crippen LogP contribution in [0.3, 0.4) is 0 Å². The van der Waals surface area contributed by atoms with Gasteiger partial charge < -0.3 is 5.32 Å². The maximum atomic E-state index is 13.2. The van der Waals surface area contributed by atoms with Crippen LogP contribution in [0, 0.1) is 11.6 Å². The van der Waals surface area contributed by atoms with Gasteiger partial charge in [0.25, 0.3) is 0 Å². The van der Waals surface area contributed by atoms with Gasteiger partial charge in [0.05, 0.1) is 0 Å². The molecule has 0 amide bonds. The fourth-order valence-electron chi connectivity index (χ4n) is 2.50. The zero-order valence-electron chi connectivity index (χ0n) is 10.7. The van der Waals surface area contributed by atoms with E-state index in [1.165, 1.54) is 24.1 Å². The van der Waals surface area contributed by atoms with Crippen LogP contribution in [0.1, 0.15) is 31.7 Å². The standard InChI is InChI=1S/C15H19F2N/c1-2-18-15(12-5-3-4-6-12)10-11-7-8-13(16)14(17)9-11/h5,7-9,15,18H,2-4,6,10H2,1H3. The highest BCUT2D eigenvalue weighted by Gasteiger charge is 2.17. The van der Waals surface area contributed by atoms with Crippen LogP contribution >= 0.6 is 0 Å². The molecule has 0 radical (unpaired) electrons. The second-order valence-electron chi connectivity index (χ2n) is 4.73. The fourth-order valence-corrected chi connectivity index (χ4v) is 2.50. The van der Waals surface area contributed by atoms with E-state index in [0.717, 1.165) is 31.4 Å².